The Morgan fingerprint density at radius 3 is 2.52 bits per heavy atom. The molecule has 160 valence electrons. The van der Waals surface area contributed by atoms with Crippen LogP contribution in [0.4, 0.5) is 0 Å². The van der Waals surface area contributed by atoms with Crippen molar-refractivity contribution in [2.24, 2.45) is 0 Å². The minimum atomic E-state index is -0.659. The predicted molar refractivity (Wildman–Crippen MR) is 123 cm³/mol. The van der Waals surface area contributed by atoms with E-state index in [0.717, 1.165) is 39.5 Å². The lowest BCUT2D eigenvalue weighted by Crippen LogP contribution is -2.25. The fourth-order valence-corrected chi connectivity index (χ4v) is 3.80. The number of ether oxygens (including phenoxy) is 2. The number of rotatable bonds is 8. The molecule has 1 heterocycles. The first-order valence-corrected chi connectivity index (χ1v) is 10.5. The van der Waals surface area contributed by atoms with Crippen LogP contribution < -0.4 is 9.47 Å². The molecule has 0 saturated carbocycles. The third kappa shape index (κ3) is 4.89. The number of hydrogen-bond acceptors (Lipinski definition) is 4. The molecule has 0 unspecified atom stereocenters. The molecular weight excluding hydrogens is 388 g/mol. The lowest BCUT2D eigenvalue weighted by atomic mass is 10.1. The first-order valence-electron chi connectivity index (χ1n) is 10.5. The van der Waals surface area contributed by atoms with E-state index in [1.807, 2.05) is 67.6 Å². The van der Waals surface area contributed by atoms with Gasteiger partial charge in [-0.2, -0.15) is 0 Å². The molecule has 0 aliphatic carbocycles. The van der Waals surface area contributed by atoms with Crippen LogP contribution in [0.1, 0.15) is 22.5 Å². The number of benzene rings is 3. The van der Waals surface area contributed by atoms with Crippen LogP contribution in [0.5, 0.6) is 11.5 Å². The number of hydrogen-bond donors (Lipinski definition) is 1. The summed E-state index contributed by atoms with van der Waals surface area (Å²) in [6.45, 7) is 4.71. The van der Waals surface area contributed by atoms with Gasteiger partial charge in [0.2, 0.25) is 0 Å². The minimum Gasteiger partial charge on any atom is -0.497 e. The summed E-state index contributed by atoms with van der Waals surface area (Å²) in [6, 6.07) is 22.1. The number of methoxy groups -OCH3 is 1. The summed E-state index contributed by atoms with van der Waals surface area (Å²) < 4.78 is 13.2. The van der Waals surface area contributed by atoms with Crippen LogP contribution in [0.3, 0.4) is 0 Å². The quantitative estimate of drug-likeness (QED) is 0.453. The SMILES string of the molecule is COc1ccc(Cc2nc3ccccc3n2C[C@H](O)COc2ccc(C)cc2C)cc1. The second-order valence-corrected chi connectivity index (χ2v) is 7.89. The van der Waals surface area contributed by atoms with Gasteiger partial charge < -0.3 is 19.1 Å². The van der Waals surface area contributed by atoms with Gasteiger partial charge >= 0.3 is 0 Å². The van der Waals surface area contributed by atoms with Gasteiger partial charge in [0.25, 0.3) is 0 Å². The van der Waals surface area contributed by atoms with Gasteiger partial charge in [0.1, 0.15) is 30.0 Å². The Bertz CT molecular complexity index is 1170. The lowest BCUT2D eigenvalue weighted by molar-refractivity contribution is 0.0925. The van der Waals surface area contributed by atoms with Crippen LogP contribution in [0, 0.1) is 13.8 Å². The van der Waals surface area contributed by atoms with E-state index in [1.54, 1.807) is 7.11 Å². The van der Waals surface area contributed by atoms with Gasteiger partial charge in [-0.3, -0.25) is 0 Å². The summed E-state index contributed by atoms with van der Waals surface area (Å²) in [6.07, 6.45) is 0.0106. The second kappa shape index (κ2) is 9.23. The van der Waals surface area contributed by atoms with E-state index in [-0.39, 0.29) is 6.61 Å². The second-order valence-electron chi connectivity index (χ2n) is 7.89. The zero-order valence-corrected chi connectivity index (χ0v) is 18.2. The molecule has 3 aromatic carbocycles. The average Bonchev–Trinajstić information content (AvgIpc) is 3.10. The zero-order chi connectivity index (χ0) is 21.8. The minimum absolute atomic E-state index is 0.221. The summed E-state index contributed by atoms with van der Waals surface area (Å²) in [4.78, 5) is 4.83. The molecule has 1 atom stereocenters. The Kier molecular flexibility index (Phi) is 6.23. The molecule has 4 aromatic rings. The number of aliphatic hydroxyl groups is 1. The summed E-state index contributed by atoms with van der Waals surface area (Å²) in [5, 5.41) is 10.8. The van der Waals surface area contributed by atoms with Crippen LogP contribution in [-0.2, 0) is 13.0 Å². The van der Waals surface area contributed by atoms with Gasteiger partial charge in [0.05, 0.1) is 24.7 Å². The van der Waals surface area contributed by atoms with Crippen molar-refractivity contribution in [3.8, 4) is 11.5 Å². The van der Waals surface area contributed by atoms with Crippen LogP contribution in [0.25, 0.3) is 11.0 Å². The number of nitrogens with zero attached hydrogens (tertiary/aromatic N) is 2. The molecular formula is C26H28N2O3. The molecule has 5 heteroatoms. The molecule has 31 heavy (non-hydrogen) atoms. The van der Waals surface area contributed by atoms with Crippen molar-refractivity contribution in [2.45, 2.75) is 32.9 Å². The van der Waals surface area contributed by atoms with Crippen molar-refractivity contribution >= 4 is 11.0 Å². The highest BCUT2D eigenvalue weighted by molar-refractivity contribution is 5.76. The van der Waals surface area contributed by atoms with E-state index in [1.165, 1.54) is 5.56 Å². The molecule has 0 fully saturated rings. The first-order chi connectivity index (χ1) is 15.0. The van der Waals surface area contributed by atoms with Gasteiger partial charge in [-0.25, -0.2) is 4.98 Å². The van der Waals surface area contributed by atoms with Crippen molar-refractivity contribution in [1.82, 2.24) is 9.55 Å². The molecule has 4 rings (SSSR count). The van der Waals surface area contributed by atoms with E-state index >= 15 is 0 Å². The molecule has 0 bridgehead atoms. The molecule has 0 radical (unpaired) electrons. The molecule has 5 nitrogen and oxygen atoms in total. The molecule has 0 saturated heterocycles. The van der Waals surface area contributed by atoms with Crippen molar-refractivity contribution < 1.29 is 14.6 Å². The van der Waals surface area contributed by atoms with Crippen molar-refractivity contribution in [2.75, 3.05) is 13.7 Å². The molecule has 1 aromatic heterocycles. The third-order valence-electron chi connectivity index (χ3n) is 5.41. The number of aliphatic hydroxyl groups excluding tert-OH is 1. The van der Waals surface area contributed by atoms with Crippen molar-refractivity contribution in [3.05, 3.63) is 89.2 Å². The highest BCUT2D eigenvalue weighted by atomic mass is 16.5. The lowest BCUT2D eigenvalue weighted by Gasteiger charge is -2.17. The molecule has 1 N–H and O–H groups in total. The molecule has 0 amide bonds. The Balaban J connectivity index is 1.53. The van der Waals surface area contributed by atoms with E-state index in [4.69, 9.17) is 14.5 Å². The number of para-hydroxylation sites is 2. The standard InChI is InChI=1S/C26H28N2O3/c1-18-8-13-25(19(2)14-18)31-17-21(29)16-28-24-7-5-4-6-23(24)27-26(28)15-20-9-11-22(30-3)12-10-20/h4-14,21,29H,15-17H2,1-3H3/t21-/m0/s1. The Labute approximate surface area is 182 Å². The topological polar surface area (TPSA) is 56.5 Å². The van der Waals surface area contributed by atoms with Crippen molar-refractivity contribution in [1.29, 1.82) is 0 Å². The fraction of sp³-hybridized carbons (Fsp3) is 0.269. The number of aromatic nitrogens is 2. The summed E-state index contributed by atoms with van der Waals surface area (Å²) in [7, 11) is 1.66. The van der Waals surface area contributed by atoms with Crippen LogP contribution in [0.15, 0.2) is 66.7 Å². The summed E-state index contributed by atoms with van der Waals surface area (Å²) in [5.74, 6) is 2.55. The maximum Gasteiger partial charge on any atom is 0.122 e. The Morgan fingerprint density at radius 1 is 1.00 bits per heavy atom. The predicted octanol–water partition coefficient (Wildman–Crippen LogP) is 4.69. The highest BCUT2D eigenvalue weighted by Gasteiger charge is 2.15. The molecule has 0 spiro atoms. The Morgan fingerprint density at radius 2 is 1.77 bits per heavy atom. The summed E-state index contributed by atoms with van der Waals surface area (Å²) in [5.41, 5.74) is 5.34. The third-order valence-corrected chi connectivity index (χ3v) is 5.41. The average molecular weight is 417 g/mol. The largest absolute Gasteiger partial charge is 0.497 e. The molecule has 0 aliphatic heterocycles. The van der Waals surface area contributed by atoms with Gasteiger partial charge in [-0.1, -0.05) is 42.0 Å². The molecule has 0 aliphatic rings. The maximum absolute atomic E-state index is 10.8. The number of imidazole rings is 1. The van der Waals surface area contributed by atoms with Gasteiger partial charge in [0, 0.05) is 6.42 Å². The maximum atomic E-state index is 10.8. The van der Waals surface area contributed by atoms with Gasteiger partial charge in [-0.05, 0) is 55.3 Å². The van der Waals surface area contributed by atoms with E-state index in [2.05, 4.69) is 17.6 Å². The Hall–Kier alpha value is -3.31. The highest BCUT2D eigenvalue weighted by Crippen LogP contribution is 2.22. The zero-order valence-electron chi connectivity index (χ0n) is 18.2. The van der Waals surface area contributed by atoms with Gasteiger partial charge in [-0.15, -0.1) is 0 Å². The monoisotopic (exact) mass is 416 g/mol. The summed E-state index contributed by atoms with van der Waals surface area (Å²) >= 11 is 0. The smallest absolute Gasteiger partial charge is 0.122 e. The number of fused-ring (bicyclic) bond motifs is 1. The first kappa shape index (κ1) is 20.9. The normalized spacial score (nSPS) is 12.1. The van der Waals surface area contributed by atoms with Crippen LogP contribution in [0.2, 0.25) is 0 Å². The van der Waals surface area contributed by atoms with E-state index in [0.29, 0.717) is 13.0 Å². The van der Waals surface area contributed by atoms with E-state index in [9.17, 15) is 5.11 Å². The van der Waals surface area contributed by atoms with Crippen LogP contribution >= 0.6 is 0 Å². The number of aryl methyl sites for hydroxylation is 2. The fourth-order valence-electron chi connectivity index (χ4n) is 3.80. The van der Waals surface area contributed by atoms with Gasteiger partial charge in [0.15, 0.2) is 0 Å². The van der Waals surface area contributed by atoms with E-state index < -0.39 is 6.10 Å². The van der Waals surface area contributed by atoms with Crippen LogP contribution in [-0.4, -0.2) is 34.5 Å². The van der Waals surface area contributed by atoms with Crippen molar-refractivity contribution in [3.63, 3.8) is 0 Å².